The minimum Gasteiger partial charge on any atom is -0.377 e. The molecule has 0 unspecified atom stereocenters. The Balaban J connectivity index is 1.69. The lowest BCUT2D eigenvalue weighted by atomic mass is 10.1. The summed E-state index contributed by atoms with van der Waals surface area (Å²) in [5.74, 6) is 2.08. The van der Waals surface area contributed by atoms with E-state index in [1.807, 2.05) is 18.2 Å². The topological polar surface area (TPSA) is 84.0 Å². The minimum absolute atomic E-state index is 0.0778. The quantitative estimate of drug-likeness (QED) is 0.560. The Morgan fingerprint density at radius 3 is 2.79 bits per heavy atom. The third-order valence-electron chi connectivity index (χ3n) is 5.03. The molecule has 8 heteroatoms. The zero-order valence-corrected chi connectivity index (χ0v) is 16.9. The first kappa shape index (κ1) is 18.0. The van der Waals surface area contributed by atoms with E-state index >= 15 is 0 Å². The van der Waals surface area contributed by atoms with Crippen LogP contribution in [0.1, 0.15) is 22.9 Å². The lowest BCUT2D eigenvalue weighted by Gasteiger charge is -2.19. The van der Waals surface area contributed by atoms with Gasteiger partial charge in [-0.2, -0.15) is 0 Å². The highest BCUT2D eigenvalue weighted by molar-refractivity contribution is 7.17. The fourth-order valence-corrected chi connectivity index (χ4v) is 4.72. The zero-order valence-electron chi connectivity index (χ0n) is 16.1. The van der Waals surface area contributed by atoms with Gasteiger partial charge < -0.3 is 14.6 Å². The van der Waals surface area contributed by atoms with Gasteiger partial charge in [-0.25, -0.2) is 15.0 Å². The van der Waals surface area contributed by atoms with Crippen molar-refractivity contribution in [2.75, 3.05) is 12.0 Å². The largest absolute Gasteiger partial charge is 0.377 e. The summed E-state index contributed by atoms with van der Waals surface area (Å²) >= 11 is 1.59. The molecular weight excluding hydrogens is 386 g/mol. The SMILES string of the molecule is COCc1nc(N2Cc3nc(C)[nH]c(=O)c3C2)c2c(-c3ccccc3)csc2n1. The van der Waals surface area contributed by atoms with Crippen molar-refractivity contribution < 1.29 is 4.74 Å². The molecule has 0 radical (unpaired) electrons. The fraction of sp³-hybridized carbons (Fsp3) is 0.238. The Morgan fingerprint density at radius 1 is 1.17 bits per heavy atom. The lowest BCUT2D eigenvalue weighted by Crippen LogP contribution is -2.20. The molecule has 0 bridgehead atoms. The lowest BCUT2D eigenvalue weighted by molar-refractivity contribution is 0.178. The maximum atomic E-state index is 12.4. The molecule has 0 amide bonds. The molecule has 4 aromatic rings. The molecule has 7 nitrogen and oxygen atoms in total. The van der Waals surface area contributed by atoms with E-state index < -0.39 is 0 Å². The number of anilines is 1. The number of fused-ring (bicyclic) bond motifs is 2. The van der Waals surface area contributed by atoms with Crippen LogP contribution in [0.4, 0.5) is 5.82 Å². The van der Waals surface area contributed by atoms with Gasteiger partial charge in [0, 0.05) is 18.1 Å². The van der Waals surface area contributed by atoms with Crippen molar-refractivity contribution in [1.29, 1.82) is 0 Å². The van der Waals surface area contributed by atoms with Crippen LogP contribution in [0, 0.1) is 6.92 Å². The molecule has 0 saturated carbocycles. The second-order valence-corrected chi connectivity index (χ2v) is 7.88. The molecule has 5 rings (SSSR count). The van der Waals surface area contributed by atoms with Gasteiger partial charge in [-0.3, -0.25) is 4.79 Å². The van der Waals surface area contributed by atoms with Crippen LogP contribution >= 0.6 is 11.3 Å². The third-order valence-corrected chi connectivity index (χ3v) is 5.90. The van der Waals surface area contributed by atoms with Crippen molar-refractivity contribution >= 4 is 27.4 Å². The molecule has 0 spiro atoms. The Hall–Kier alpha value is -3.10. The van der Waals surface area contributed by atoms with Crippen LogP contribution in [-0.2, 0) is 24.4 Å². The maximum Gasteiger partial charge on any atom is 0.256 e. The van der Waals surface area contributed by atoms with Gasteiger partial charge in [-0.05, 0) is 12.5 Å². The summed E-state index contributed by atoms with van der Waals surface area (Å²) in [6, 6.07) is 10.2. The number of aromatic nitrogens is 4. The van der Waals surface area contributed by atoms with Crippen molar-refractivity contribution in [1.82, 2.24) is 19.9 Å². The predicted octanol–water partition coefficient (Wildman–Crippen LogP) is 3.42. The molecule has 1 aliphatic rings. The van der Waals surface area contributed by atoms with Gasteiger partial charge in [0.15, 0.2) is 5.82 Å². The van der Waals surface area contributed by atoms with Crippen molar-refractivity contribution in [3.8, 4) is 11.1 Å². The average molecular weight is 405 g/mol. The van der Waals surface area contributed by atoms with Gasteiger partial charge in [-0.1, -0.05) is 30.3 Å². The number of nitrogens with zero attached hydrogens (tertiary/aromatic N) is 4. The average Bonchev–Trinajstić information content (AvgIpc) is 3.33. The van der Waals surface area contributed by atoms with Gasteiger partial charge in [0.1, 0.15) is 23.1 Å². The molecule has 29 heavy (non-hydrogen) atoms. The number of aryl methyl sites for hydroxylation is 1. The van der Waals surface area contributed by atoms with E-state index in [2.05, 4.69) is 32.4 Å². The number of H-pyrrole nitrogens is 1. The number of ether oxygens (including phenoxy) is 1. The molecule has 0 atom stereocenters. The number of benzene rings is 1. The van der Waals surface area contributed by atoms with Crippen LogP contribution in [-0.4, -0.2) is 27.0 Å². The molecule has 0 saturated heterocycles. The molecule has 1 aliphatic heterocycles. The van der Waals surface area contributed by atoms with Gasteiger partial charge >= 0.3 is 0 Å². The van der Waals surface area contributed by atoms with Gasteiger partial charge in [-0.15, -0.1) is 11.3 Å². The Bertz CT molecular complexity index is 1270. The van der Waals surface area contributed by atoms with E-state index in [0.29, 0.717) is 36.9 Å². The number of hydrogen-bond acceptors (Lipinski definition) is 7. The first-order valence-corrected chi connectivity index (χ1v) is 10.2. The van der Waals surface area contributed by atoms with E-state index in [-0.39, 0.29) is 5.56 Å². The monoisotopic (exact) mass is 405 g/mol. The van der Waals surface area contributed by atoms with E-state index in [4.69, 9.17) is 14.7 Å². The number of methoxy groups -OCH3 is 1. The second kappa shape index (κ2) is 7.06. The number of nitrogens with one attached hydrogen (secondary N) is 1. The maximum absolute atomic E-state index is 12.4. The van der Waals surface area contributed by atoms with Crippen molar-refractivity contribution in [3.05, 3.63) is 69.0 Å². The van der Waals surface area contributed by atoms with E-state index in [1.165, 1.54) is 0 Å². The number of thiophene rings is 1. The summed E-state index contributed by atoms with van der Waals surface area (Å²) in [4.78, 5) is 32.3. The number of hydrogen-bond donors (Lipinski definition) is 1. The molecule has 3 aromatic heterocycles. The Morgan fingerprint density at radius 2 is 2.00 bits per heavy atom. The van der Waals surface area contributed by atoms with Crippen LogP contribution in [0.25, 0.3) is 21.3 Å². The zero-order chi connectivity index (χ0) is 20.0. The number of rotatable bonds is 4. The van der Waals surface area contributed by atoms with Crippen molar-refractivity contribution in [3.63, 3.8) is 0 Å². The highest BCUT2D eigenvalue weighted by Gasteiger charge is 2.28. The van der Waals surface area contributed by atoms with Crippen LogP contribution in [0.5, 0.6) is 0 Å². The van der Waals surface area contributed by atoms with Crippen LogP contribution in [0.3, 0.4) is 0 Å². The van der Waals surface area contributed by atoms with Crippen molar-refractivity contribution in [2.24, 2.45) is 0 Å². The van der Waals surface area contributed by atoms with E-state index in [9.17, 15) is 4.79 Å². The molecule has 1 aromatic carbocycles. The third kappa shape index (κ3) is 3.10. The van der Waals surface area contributed by atoms with Crippen LogP contribution < -0.4 is 10.5 Å². The highest BCUT2D eigenvalue weighted by Crippen LogP contribution is 2.40. The normalized spacial score (nSPS) is 13.2. The van der Waals surface area contributed by atoms with Crippen LogP contribution in [0.2, 0.25) is 0 Å². The summed E-state index contributed by atoms with van der Waals surface area (Å²) < 4.78 is 5.28. The predicted molar refractivity (Wildman–Crippen MR) is 113 cm³/mol. The smallest absolute Gasteiger partial charge is 0.256 e. The summed E-state index contributed by atoms with van der Waals surface area (Å²) in [5, 5.41) is 3.12. The van der Waals surface area contributed by atoms with E-state index in [0.717, 1.165) is 32.9 Å². The minimum atomic E-state index is -0.0778. The van der Waals surface area contributed by atoms with Crippen LogP contribution in [0.15, 0.2) is 40.5 Å². The van der Waals surface area contributed by atoms with Gasteiger partial charge in [0.05, 0.1) is 29.7 Å². The van der Waals surface area contributed by atoms with Crippen molar-refractivity contribution in [2.45, 2.75) is 26.6 Å². The van der Waals surface area contributed by atoms with Gasteiger partial charge in [0.2, 0.25) is 0 Å². The summed E-state index contributed by atoms with van der Waals surface area (Å²) in [7, 11) is 1.63. The van der Waals surface area contributed by atoms with Gasteiger partial charge in [0.25, 0.3) is 5.56 Å². The number of aromatic amines is 1. The summed E-state index contributed by atoms with van der Waals surface area (Å²) in [6.45, 7) is 3.15. The molecule has 0 fully saturated rings. The molecule has 4 heterocycles. The molecule has 146 valence electrons. The summed E-state index contributed by atoms with van der Waals surface area (Å²) in [5.41, 5.74) is 3.64. The Labute approximate surface area is 171 Å². The van der Waals surface area contributed by atoms with E-state index in [1.54, 1.807) is 25.4 Å². The summed E-state index contributed by atoms with van der Waals surface area (Å²) in [6.07, 6.45) is 0. The highest BCUT2D eigenvalue weighted by atomic mass is 32.1. The molecule has 1 N–H and O–H groups in total. The molecular formula is C21H19N5O2S. The standard InChI is InChI=1S/C21H19N5O2S/c1-12-22-16-9-26(8-14(16)20(27)23-12)19-18-15(13-6-4-3-5-7-13)11-29-21(18)25-17(24-19)10-28-2/h3-7,11H,8-10H2,1-2H3,(H,22,23,27). The molecule has 0 aliphatic carbocycles. The Kier molecular flexibility index (Phi) is 4.37. The first-order chi connectivity index (χ1) is 14.1. The second-order valence-electron chi connectivity index (χ2n) is 7.02. The fourth-order valence-electron chi connectivity index (χ4n) is 3.76. The first-order valence-electron chi connectivity index (χ1n) is 9.30.